The Morgan fingerprint density at radius 1 is 1.17 bits per heavy atom. The summed E-state index contributed by atoms with van der Waals surface area (Å²) in [6.45, 7) is 2.96. The summed E-state index contributed by atoms with van der Waals surface area (Å²) in [5.74, 6) is -0.444. The molecule has 3 rings (SSSR count). The number of halogens is 2. The molecular weight excluding hydrogens is 433 g/mol. The van der Waals surface area contributed by atoms with Gasteiger partial charge in [0, 0.05) is 36.9 Å². The molecule has 0 radical (unpaired) electrons. The van der Waals surface area contributed by atoms with Gasteiger partial charge in [-0.2, -0.15) is 4.31 Å². The Labute approximate surface area is 180 Å². The maximum Gasteiger partial charge on any atom is 0.246 e. The Morgan fingerprint density at radius 2 is 1.87 bits per heavy atom. The predicted octanol–water partition coefficient (Wildman–Crippen LogP) is 2.74. The number of piperazine rings is 1. The van der Waals surface area contributed by atoms with Gasteiger partial charge in [0.15, 0.2) is 0 Å². The molecule has 0 aliphatic carbocycles. The third-order valence-corrected chi connectivity index (χ3v) is 7.05. The Balaban J connectivity index is 1.59. The number of sulfonamides is 1. The van der Waals surface area contributed by atoms with Crippen molar-refractivity contribution in [2.45, 2.75) is 11.8 Å². The Bertz CT molecular complexity index is 1040. The van der Waals surface area contributed by atoms with Crippen LogP contribution in [-0.2, 0) is 14.8 Å². The standard InChI is InChI=1S/C20H23ClFN3O4S/c1-14-3-5-16(12-17(14)22)23-20(26)13-24-7-9-25(10-8-24)30(27,28)19-11-15(21)4-6-18(19)29-2/h3-6,11-12H,7-10,13H2,1-2H3,(H,23,26). The van der Waals surface area contributed by atoms with E-state index in [9.17, 15) is 17.6 Å². The zero-order chi connectivity index (χ0) is 21.9. The monoisotopic (exact) mass is 455 g/mol. The molecule has 1 fully saturated rings. The van der Waals surface area contributed by atoms with Gasteiger partial charge in [0.1, 0.15) is 16.5 Å². The van der Waals surface area contributed by atoms with E-state index in [2.05, 4.69) is 5.32 Å². The second-order valence-electron chi connectivity index (χ2n) is 6.99. The first-order chi connectivity index (χ1) is 14.2. The quantitative estimate of drug-likeness (QED) is 0.724. The summed E-state index contributed by atoms with van der Waals surface area (Å²) in [5.41, 5.74) is 0.888. The number of hydrogen-bond acceptors (Lipinski definition) is 5. The first kappa shape index (κ1) is 22.5. The largest absolute Gasteiger partial charge is 0.495 e. The molecule has 0 unspecified atom stereocenters. The minimum atomic E-state index is -3.78. The van der Waals surface area contributed by atoms with Gasteiger partial charge in [-0.15, -0.1) is 0 Å². The molecule has 1 amide bonds. The topological polar surface area (TPSA) is 79.0 Å². The van der Waals surface area contributed by atoms with E-state index in [1.54, 1.807) is 25.1 Å². The van der Waals surface area contributed by atoms with Crippen LogP contribution in [0.2, 0.25) is 5.02 Å². The van der Waals surface area contributed by atoms with Crippen LogP contribution in [0.5, 0.6) is 5.75 Å². The molecule has 1 saturated heterocycles. The molecule has 1 aliphatic rings. The van der Waals surface area contributed by atoms with Crippen LogP contribution in [0.3, 0.4) is 0 Å². The molecule has 30 heavy (non-hydrogen) atoms. The number of ether oxygens (including phenoxy) is 1. The number of rotatable bonds is 6. The third-order valence-electron chi connectivity index (χ3n) is 4.90. The molecule has 162 valence electrons. The zero-order valence-electron chi connectivity index (χ0n) is 16.7. The Hall–Kier alpha value is -2.20. The lowest BCUT2D eigenvalue weighted by Crippen LogP contribution is -2.50. The van der Waals surface area contributed by atoms with E-state index in [0.29, 0.717) is 29.4 Å². The van der Waals surface area contributed by atoms with E-state index >= 15 is 0 Å². The van der Waals surface area contributed by atoms with E-state index in [-0.39, 0.29) is 42.0 Å². The molecule has 0 saturated carbocycles. The number of carbonyl (C=O) groups is 1. The molecule has 0 aromatic heterocycles. The number of benzene rings is 2. The lowest BCUT2D eigenvalue weighted by molar-refractivity contribution is -0.117. The molecule has 0 spiro atoms. The number of nitrogens with zero attached hydrogens (tertiary/aromatic N) is 2. The van der Waals surface area contributed by atoms with Gasteiger partial charge in [0.25, 0.3) is 0 Å². The highest BCUT2D eigenvalue weighted by Crippen LogP contribution is 2.30. The Kier molecular flexibility index (Phi) is 6.97. The Morgan fingerprint density at radius 3 is 2.50 bits per heavy atom. The fourth-order valence-corrected chi connectivity index (χ4v) is 5.03. The molecule has 1 N–H and O–H groups in total. The number of amides is 1. The fraction of sp³-hybridized carbons (Fsp3) is 0.350. The maximum absolute atomic E-state index is 13.6. The number of carbonyl (C=O) groups excluding carboxylic acids is 1. The van der Waals surface area contributed by atoms with E-state index in [0.717, 1.165) is 0 Å². The smallest absolute Gasteiger partial charge is 0.246 e. The van der Waals surface area contributed by atoms with Crippen molar-refractivity contribution in [3.63, 3.8) is 0 Å². The zero-order valence-corrected chi connectivity index (χ0v) is 18.3. The van der Waals surface area contributed by atoms with Crippen LogP contribution in [0.25, 0.3) is 0 Å². The minimum Gasteiger partial charge on any atom is -0.495 e. The van der Waals surface area contributed by atoms with Crippen molar-refractivity contribution in [2.24, 2.45) is 0 Å². The van der Waals surface area contributed by atoms with Crippen LogP contribution >= 0.6 is 11.6 Å². The molecule has 1 aliphatic heterocycles. The first-order valence-electron chi connectivity index (χ1n) is 9.33. The van der Waals surface area contributed by atoms with Gasteiger partial charge in [-0.1, -0.05) is 17.7 Å². The SMILES string of the molecule is COc1ccc(Cl)cc1S(=O)(=O)N1CCN(CC(=O)Nc2ccc(C)c(F)c2)CC1. The normalized spacial score (nSPS) is 15.7. The van der Waals surface area contributed by atoms with Gasteiger partial charge in [-0.05, 0) is 42.8 Å². The van der Waals surface area contributed by atoms with Crippen LogP contribution in [-0.4, -0.2) is 63.4 Å². The van der Waals surface area contributed by atoms with E-state index < -0.39 is 10.0 Å². The van der Waals surface area contributed by atoms with Gasteiger partial charge in [0.2, 0.25) is 15.9 Å². The van der Waals surface area contributed by atoms with Crippen molar-refractivity contribution in [1.29, 1.82) is 0 Å². The molecule has 2 aromatic carbocycles. The van der Waals surface area contributed by atoms with Crippen molar-refractivity contribution in [3.8, 4) is 5.75 Å². The van der Waals surface area contributed by atoms with E-state index in [1.807, 2.05) is 4.90 Å². The van der Waals surface area contributed by atoms with Crippen molar-refractivity contribution >= 4 is 33.2 Å². The number of hydrogen-bond donors (Lipinski definition) is 1. The van der Waals surface area contributed by atoms with Crippen LogP contribution in [0, 0.1) is 12.7 Å². The van der Waals surface area contributed by atoms with E-state index in [4.69, 9.17) is 16.3 Å². The summed E-state index contributed by atoms with van der Waals surface area (Å²) >= 11 is 5.97. The first-order valence-corrected chi connectivity index (χ1v) is 11.1. The van der Waals surface area contributed by atoms with Crippen LogP contribution < -0.4 is 10.1 Å². The summed E-state index contributed by atoms with van der Waals surface area (Å²) < 4.78 is 46.1. The van der Waals surface area contributed by atoms with E-state index in [1.165, 1.54) is 29.6 Å². The molecule has 2 aromatic rings. The van der Waals surface area contributed by atoms with Crippen LogP contribution in [0.4, 0.5) is 10.1 Å². The second kappa shape index (κ2) is 9.30. The second-order valence-corrected chi connectivity index (χ2v) is 9.33. The third kappa shape index (κ3) is 5.10. The molecule has 0 atom stereocenters. The average Bonchev–Trinajstić information content (AvgIpc) is 2.71. The molecular formula is C20H23ClFN3O4S. The molecule has 10 heteroatoms. The lowest BCUT2D eigenvalue weighted by Gasteiger charge is -2.33. The predicted molar refractivity (Wildman–Crippen MR) is 113 cm³/mol. The van der Waals surface area contributed by atoms with Crippen molar-refractivity contribution < 1.29 is 22.3 Å². The molecule has 7 nitrogen and oxygen atoms in total. The highest BCUT2D eigenvalue weighted by molar-refractivity contribution is 7.89. The highest BCUT2D eigenvalue weighted by atomic mass is 35.5. The minimum absolute atomic E-state index is 0.0186. The lowest BCUT2D eigenvalue weighted by atomic mass is 10.2. The van der Waals surface area contributed by atoms with Gasteiger partial charge in [-0.25, -0.2) is 12.8 Å². The van der Waals surface area contributed by atoms with Gasteiger partial charge in [0.05, 0.1) is 13.7 Å². The fourth-order valence-electron chi connectivity index (χ4n) is 3.19. The number of nitrogens with one attached hydrogen (secondary N) is 1. The summed E-state index contributed by atoms with van der Waals surface area (Å²) in [4.78, 5) is 14.1. The number of aryl methyl sites for hydroxylation is 1. The molecule has 1 heterocycles. The van der Waals surface area contributed by atoms with Gasteiger partial charge < -0.3 is 10.1 Å². The molecule has 0 bridgehead atoms. The summed E-state index contributed by atoms with van der Waals surface area (Å²) in [7, 11) is -2.38. The van der Waals surface area contributed by atoms with Crippen molar-refractivity contribution in [2.75, 3.05) is 45.2 Å². The van der Waals surface area contributed by atoms with Gasteiger partial charge >= 0.3 is 0 Å². The number of anilines is 1. The van der Waals surface area contributed by atoms with Crippen LogP contribution in [0.1, 0.15) is 5.56 Å². The highest BCUT2D eigenvalue weighted by Gasteiger charge is 2.31. The van der Waals surface area contributed by atoms with Crippen LogP contribution in [0.15, 0.2) is 41.3 Å². The van der Waals surface area contributed by atoms with Crippen molar-refractivity contribution in [1.82, 2.24) is 9.21 Å². The maximum atomic E-state index is 13.6. The average molecular weight is 456 g/mol. The van der Waals surface area contributed by atoms with Gasteiger partial charge in [-0.3, -0.25) is 9.69 Å². The van der Waals surface area contributed by atoms with Crippen molar-refractivity contribution in [3.05, 3.63) is 52.8 Å². The summed E-state index contributed by atoms with van der Waals surface area (Å²) in [5, 5.41) is 2.97. The summed E-state index contributed by atoms with van der Waals surface area (Å²) in [6, 6.07) is 8.96. The summed E-state index contributed by atoms with van der Waals surface area (Å²) in [6.07, 6.45) is 0. The number of methoxy groups -OCH3 is 1.